The smallest absolute Gasteiger partial charge is 0.270 e. The molecule has 122 valence electrons. The number of carbonyl (C=O) groups excluding carboxylic acids is 3. The summed E-state index contributed by atoms with van der Waals surface area (Å²) in [6.07, 6.45) is 1.42. The molecular formula is C17H16N4O3. The predicted octanol–water partition coefficient (Wildman–Crippen LogP) is 1.80. The Kier molecular flexibility index (Phi) is 4.90. The molecule has 0 radical (unpaired) electrons. The van der Waals surface area contributed by atoms with Crippen molar-refractivity contribution in [3.63, 3.8) is 0 Å². The van der Waals surface area contributed by atoms with Crippen LogP contribution in [0.1, 0.15) is 13.8 Å². The topological polar surface area (TPSA) is 103 Å². The lowest BCUT2D eigenvalue weighted by atomic mass is 9.91. The second-order valence-corrected chi connectivity index (χ2v) is 5.36. The van der Waals surface area contributed by atoms with Crippen molar-refractivity contribution in [2.75, 3.05) is 12.4 Å². The first-order chi connectivity index (χ1) is 11.3. The molecule has 1 aliphatic rings. The number of aliphatic imine (C=N–C) groups is 1. The Morgan fingerprint density at radius 1 is 1.33 bits per heavy atom. The molecule has 0 aromatic heterocycles. The van der Waals surface area contributed by atoms with Crippen LogP contribution in [-0.4, -0.2) is 35.9 Å². The summed E-state index contributed by atoms with van der Waals surface area (Å²) in [5.74, 6) is -1.94. The minimum absolute atomic E-state index is 0.0328. The van der Waals surface area contributed by atoms with Gasteiger partial charge in [0.05, 0.1) is 11.6 Å². The first-order valence-electron chi connectivity index (χ1n) is 7.19. The van der Waals surface area contributed by atoms with Gasteiger partial charge in [-0.3, -0.25) is 24.3 Å². The van der Waals surface area contributed by atoms with E-state index in [0.717, 1.165) is 4.90 Å². The molecule has 1 heterocycles. The van der Waals surface area contributed by atoms with E-state index >= 15 is 0 Å². The van der Waals surface area contributed by atoms with Crippen LogP contribution in [0, 0.1) is 17.2 Å². The number of carbonyl (C=O) groups is 3. The minimum Gasteiger partial charge on any atom is -0.326 e. The maximum atomic E-state index is 12.2. The van der Waals surface area contributed by atoms with Gasteiger partial charge in [-0.05, 0) is 36.8 Å². The molecule has 1 atom stereocenters. The van der Waals surface area contributed by atoms with Gasteiger partial charge in [0.25, 0.3) is 5.91 Å². The Morgan fingerprint density at radius 2 is 1.96 bits per heavy atom. The average Bonchev–Trinajstić information content (AvgIpc) is 2.54. The van der Waals surface area contributed by atoms with Crippen LogP contribution in [0.4, 0.5) is 11.4 Å². The highest BCUT2D eigenvalue weighted by Gasteiger charge is 2.36. The summed E-state index contributed by atoms with van der Waals surface area (Å²) in [5, 5.41) is 11.7. The third-order valence-electron chi connectivity index (χ3n) is 3.65. The number of rotatable bonds is 3. The fourth-order valence-electron chi connectivity index (χ4n) is 2.29. The molecular weight excluding hydrogens is 308 g/mol. The van der Waals surface area contributed by atoms with Crippen LogP contribution in [0.3, 0.4) is 0 Å². The molecule has 7 nitrogen and oxygen atoms in total. The Bertz CT molecular complexity index is 800. The lowest BCUT2D eigenvalue weighted by Gasteiger charge is -2.26. The lowest BCUT2D eigenvalue weighted by Crippen LogP contribution is -2.44. The van der Waals surface area contributed by atoms with Gasteiger partial charge in [-0.25, -0.2) is 0 Å². The molecule has 1 aromatic carbocycles. The van der Waals surface area contributed by atoms with Crippen LogP contribution >= 0.6 is 0 Å². The quantitative estimate of drug-likeness (QED) is 0.676. The maximum Gasteiger partial charge on any atom is 0.270 e. The number of anilines is 1. The predicted molar refractivity (Wildman–Crippen MR) is 88.5 cm³/mol. The third kappa shape index (κ3) is 3.38. The zero-order valence-corrected chi connectivity index (χ0v) is 13.5. The number of hydrogen-bond donors (Lipinski definition) is 1. The number of hydrogen-bond acceptors (Lipinski definition) is 5. The highest BCUT2D eigenvalue weighted by Crippen LogP contribution is 2.24. The molecule has 1 aliphatic heterocycles. The van der Waals surface area contributed by atoms with Crippen molar-refractivity contribution in [3.8, 4) is 6.07 Å². The van der Waals surface area contributed by atoms with Gasteiger partial charge < -0.3 is 5.32 Å². The second-order valence-electron chi connectivity index (χ2n) is 5.36. The summed E-state index contributed by atoms with van der Waals surface area (Å²) < 4.78 is 0. The molecule has 7 heteroatoms. The zero-order valence-electron chi connectivity index (χ0n) is 13.5. The highest BCUT2D eigenvalue weighted by atomic mass is 16.2. The van der Waals surface area contributed by atoms with Crippen molar-refractivity contribution in [1.82, 2.24) is 4.90 Å². The fraction of sp³-hybridized carbons (Fsp3) is 0.235. The molecule has 0 saturated carbocycles. The van der Waals surface area contributed by atoms with E-state index in [0.29, 0.717) is 16.9 Å². The Labute approximate surface area is 139 Å². The lowest BCUT2D eigenvalue weighted by molar-refractivity contribution is -0.142. The van der Waals surface area contributed by atoms with Crippen molar-refractivity contribution >= 4 is 35.3 Å². The largest absolute Gasteiger partial charge is 0.326 e. The van der Waals surface area contributed by atoms with Gasteiger partial charge in [-0.1, -0.05) is 0 Å². The number of imide groups is 1. The van der Waals surface area contributed by atoms with Crippen molar-refractivity contribution in [2.45, 2.75) is 13.8 Å². The van der Waals surface area contributed by atoms with Crippen molar-refractivity contribution in [3.05, 3.63) is 35.4 Å². The number of nitriles is 1. The molecule has 2 rings (SSSR count). The molecule has 3 amide bonds. The molecule has 0 aliphatic carbocycles. The van der Waals surface area contributed by atoms with Gasteiger partial charge in [0.2, 0.25) is 11.8 Å². The first-order valence-corrected chi connectivity index (χ1v) is 7.19. The SMILES string of the molecule is CC(=O)Nc1ccc(N=C[C@H]2C(=O)N(C)C(=O)C(C#N)=C2C)cc1. The first kappa shape index (κ1) is 17.1. The molecule has 1 aromatic rings. The number of amides is 3. The van der Waals surface area contributed by atoms with Gasteiger partial charge in [-0.2, -0.15) is 5.26 Å². The van der Waals surface area contributed by atoms with Gasteiger partial charge in [0.1, 0.15) is 11.6 Å². The van der Waals surface area contributed by atoms with E-state index < -0.39 is 17.7 Å². The van der Waals surface area contributed by atoms with Crippen LogP contribution in [-0.2, 0) is 14.4 Å². The van der Waals surface area contributed by atoms with E-state index in [-0.39, 0.29) is 11.5 Å². The molecule has 24 heavy (non-hydrogen) atoms. The number of likely N-dealkylation sites (N-methyl/N-ethyl adjacent to an activating group) is 1. The highest BCUT2D eigenvalue weighted by molar-refractivity contribution is 6.15. The average molecular weight is 324 g/mol. The molecule has 1 N–H and O–H groups in total. The van der Waals surface area contributed by atoms with Crippen LogP contribution in [0.15, 0.2) is 40.4 Å². The summed E-state index contributed by atoms with van der Waals surface area (Å²) in [5.41, 5.74) is 1.59. The van der Waals surface area contributed by atoms with E-state index in [1.165, 1.54) is 20.2 Å². The fourth-order valence-corrected chi connectivity index (χ4v) is 2.29. The Hall–Kier alpha value is -3.27. The van der Waals surface area contributed by atoms with Crippen LogP contribution in [0.25, 0.3) is 0 Å². The van der Waals surface area contributed by atoms with Gasteiger partial charge >= 0.3 is 0 Å². The number of benzene rings is 1. The minimum atomic E-state index is -0.752. The molecule has 0 fully saturated rings. The van der Waals surface area contributed by atoms with Gasteiger partial charge in [-0.15, -0.1) is 0 Å². The standard InChI is InChI=1S/C17H16N4O3/c1-10-14(8-18)16(23)21(3)17(24)15(10)9-19-12-4-6-13(7-5-12)20-11(2)22/h4-7,9,15H,1-3H3,(H,20,22)/t15-/m1/s1. The third-order valence-corrected chi connectivity index (χ3v) is 3.65. The summed E-state index contributed by atoms with van der Waals surface area (Å²) in [7, 11) is 1.34. The van der Waals surface area contributed by atoms with E-state index in [1.54, 1.807) is 31.2 Å². The Balaban J connectivity index is 2.26. The van der Waals surface area contributed by atoms with Crippen LogP contribution in [0.5, 0.6) is 0 Å². The van der Waals surface area contributed by atoms with Crippen LogP contribution < -0.4 is 5.32 Å². The molecule has 0 spiro atoms. The van der Waals surface area contributed by atoms with Crippen molar-refractivity contribution in [2.24, 2.45) is 10.9 Å². The van der Waals surface area contributed by atoms with Gasteiger partial charge in [0.15, 0.2) is 0 Å². The zero-order chi connectivity index (χ0) is 17.9. The summed E-state index contributed by atoms with van der Waals surface area (Å²) in [6, 6.07) is 8.60. The number of nitrogens with zero attached hydrogens (tertiary/aromatic N) is 3. The van der Waals surface area contributed by atoms with Crippen molar-refractivity contribution in [1.29, 1.82) is 5.26 Å². The summed E-state index contributed by atoms with van der Waals surface area (Å²) in [6.45, 7) is 3.00. The normalized spacial score (nSPS) is 18.1. The molecule has 0 saturated heterocycles. The molecule has 0 bridgehead atoms. The number of nitrogens with one attached hydrogen (secondary N) is 1. The summed E-state index contributed by atoms with van der Waals surface area (Å²) in [4.78, 5) is 40.2. The summed E-state index contributed by atoms with van der Waals surface area (Å²) >= 11 is 0. The van der Waals surface area contributed by atoms with E-state index in [2.05, 4.69) is 10.3 Å². The monoisotopic (exact) mass is 324 g/mol. The van der Waals surface area contributed by atoms with Crippen molar-refractivity contribution < 1.29 is 14.4 Å². The van der Waals surface area contributed by atoms with Gasteiger partial charge in [0, 0.05) is 25.9 Å². The molecule has 0 unspecified atom stereocenters. The van der Waals surface area contributed by atoms with E-state index in [4.69, 9.17) is 5.26 Å². The maximum absolute atomic E-state index is 12.2. The van der Waals surface area contributed by atoms with E-state index in [9.17, 15) is 14.4 Å². The Morgan fingerprint density at radius 3 is 2.50 bits per heavy atom. The van der Waals surface area contributed by atoms with Crippen LogP contribution in [0.2, 0.25) is 0 Å². The van der Waals surface area contributed by atoms with E-state index in [1.807, 2.05) is 6.07 Å². The second kappa shape index (κ2) is 6.87.